The van der Waals surface area contributed by atoms with Gasteiger partial charge in [-0.2, -0.15) is 0 Å². The third-order valence-corrected chi connectivity index (χ3v) is 1.14. The molecular formula is C9H12O2. The smallest absolute Gasteiger partial charge is 0.205 e. The summed E-state index contributed by atoms with van der Waals surface area (Å²) in [5, 5.41) is 0. The van der Waals surface area contributed by atoms with E-state index in [-0.39, 0.29) is 11.6 Å². The van der Waals surface area contributed by atoms with Gasteiger partial charge >= 0.3 is 0 Å². The summed E-state index contributed by atoms with van der Waals surface area (Å²) in [6.07, 6.45) is 2.30. The first kappa shape index (κ1) is 9.90. The van der Waals surface area contributed by atoms with Crippen molar-refractivity contribution >= 4 is 11.6 Å². The molecule has 2 nitrogen and oxygen atoms in total. The van der Waals surface area contributed by atoms with Crippen LogP contribution in [0.1, 0.15) is 33.1 Å². The van der Waals surface area contributed by atoms with Gasteiger partial charge in [-0.25, -0.2) is 0 Å². The Hall–Kier alpha value is -1.10. The molecule has 0 fully saturated rings. The van der Waals surface area contributed by atoms with E-state index in [0.717, 1.165) is 12.8 Å². The van der Waals surface area contributed by atoms with Crippen molar-refractivity contribution in [3.63, 3.8) is 0 Å². The number of carbonyl (C=O) groups is 2. The normalized spacial score (nSPS) is 8.18. The molecule has 0 N–H and O–H groups in total. The highest BCUT2D eigenvalue weighted by atomic mass is 16.1. The van der Waals surface area contributed by atoms with E-state index in [1.165, 1.54) is 6.92 Å². The molecule has 0 aromatic carbocycles. The lowest BCUT2D eigenvalue weighted by atomic mass is 10.2. The van der Waals surface area contributed by atoms with Crippen molar-refractivity contribution in [3.05, 3.63) is 0 Å². The molecule has 11 heavy (non-hydrogen) atoms. The van der Waals surface area contributed by atoms with Crippen LogP contribution < -0.4 is 0 Å². The maximum atomic E-state index is 10.8. The van der Waals surface area contributed by atoms with E-state index < -0.39 is 0 Å². The SMILES string of the molecule is CCCCC(=O)C#CC(C)=O. The molecule has 0 aromatic rings. The Balaban J connectivity index is 3.71. The molecule has 0 saturated carbocycles. The average molecular weight is 152 g/mol. The lowest BCUT2D eigenvalue weighted by Gasteiger charge is -1.87. The first-order valence-electron chi connectivity index (χ1n) is 3.72. The number of rotatable bonds is 3. The predicted octanol–water partition coefficient (Wildman–Crippen LogP) is 1.34. The van der Waals surface area contributed by atoms with Crippen molar-refractivity contribution in [2.24, 2.45) is 0 Å². The molecule has 0 rings (SSSR count). The molecule has 2 heteroatoms. The Morgan fingerprint density at radius 3 is 2.36 bits per heavy atom. The molecule has 0 aromatic heterocycles. The average Bonchev–Trinajstić information content (AvgIpc) is 1.97. The molecule has 0 aliphatic heterocycles. The summed E-state index contributed by atoms with van der Waals surface area (Å²) in [4.78, 5) is 21.1. The van der Waals surface area contributed by atoms with Gasteiger partial charge in [0.05, 0.1) is 0 Å². The van der Waals surface area contributed by atoms with E-state index >= 15 is 0 Å². The van der Waals surface area contributed by atoms with Crippen LogP contribution in [0.4, 0.5) is 0 Å². The van der Waals surface area contributed by atoms with E-state index in [0.29, 0.717) is 6.42 Å². The Kier molecular flexibility index (Phi) is 5.10. The molecule has 0 atom stereocenters. The lowest BCUT2D eigenvalue weighted by molar-refractivity contribution is -0.114. The molecule has 0 amide bonds. The largest absolute Gasteiger partial charge is 0.285 e. The van der Waals surface area contributed by atoms with Crippen LogP contribution in [0, 0.1) is 11.8 Å². The predicted molar refractivity (Wildman–Crippen MR) is 43.0 cm³/mol. The van der Waals surface area contributed by atoms with E-state index in [2.05, 4.69) is 11.8 Å². The molecule has 0 radical (unpaired) electrons. The number of Topliss-reactive ketones (excluding diaryl/α,β-unsaturated/α-hetero) is 2. The van der Waals surface area contributed by atoms with Gasteiger partial charge in [0.1, 0.15) is 0 Å². The summed E-state index contributed by atoms with van der Waals surface area (Å²) in [5.74, 6) is 4.10. The van der Waals surface area contributed by atoms with Crippen LogP contribution in [-0.4, -0.2) is 11.6 Å². The number of hydrogen-bond donors (Lipinski definition) is 0. The van der Waals surface area contributed by atoms with Crippen molar-refractivity contribution < 1.29 is 9.59 Å². The maximum absolute atomic E-state index is 10.8. The van der Waals surface area contributed by atoms with Crippen molar-refractivity contribution in [1.82, 2.24) is 0 Å². The zero-order valence-corrected chi connectivity index (χ0v) is 6.94. The Morgan fingerprint density at radius 2 is 1.91 bits per heavy atom. The highest BCUT2D eigenvalue weighted by molar-refractivity contribution is 6.03. The van der Waals surface area contributed by atoms with Gasteiger partial charge in [-0.3, -0.25) is 9.59 Å². The van der Waals surface area contributed by atoms with Gasteiger partial charge in [-0.1, -0.05) is 13.3 Å². The summed E-state index contributed by atoms with van der Waals surface area (Å²) in [5.41, 5.74) is 0. The van der Waals surface area contributed by atoms with Crippen molar-refractivity contribution in [2.75, 3.05) is 0 Å². The van der Waals surface area contributed by atoms with Crippen LogP contribution in [0.5, 0.6) is 0 Å². The molecule has 0 bridgehead atoms. The highest BCUT2D eigenvalue weighted by Gasteiger charge is 1.94. The summed E-state index contributed by atoms with van der Waals surface area (Å²) in [6, 6.07) is 0. The molecule has 0 unspecified atom stereocenters. The maximum Gasteiger partial charge on any atom is 0.205 e. The molecule has 0 aliphatic carbocycles. The summed E-state index contributed by atoms with van der Waals surface area (Å²) < 4.78 is 0. The van der Waals surface area contributed by atoms with Gasteiger partial charge in [-0.15, -0.1) is 0 Å². The molecule has 0 saturated heterocycles. The van der Waals surface area contributed by atoms with Crippen LogP contribution in [0.25, 0.3) is 0 Å². The van der Waals surface area contributed by atoms with Gasteiger partial charge < -0.3 is 0 Å². The van der Waals surface area contributed by atoms with Gasteiger partial charge in [0, 0.05) is 13.3 Å². The van der Waals surface area contributed by atoms with Gasteiger partial charge in [0.2, 0.25) is 11.6 Å². The van der Waals surface area contributed by atoms with Crippen LogP contribution in [-0.2, 0) is 9.59 Å². The first-order chi connectivity index (χ1) is 5.16. The Morgan fingerprint density at radius 1 is 1.27 bits per heavy atom. The van der Waals surface area contributed by atoms with Crippen LogP contribution >= 0.6 is 0 Å². The standard InChI is InChI=1S/C9H12O2/c1-3-4-5-9(11)7-6-8(2)10/h3-5H2,1-2H3. The Labute approximate surface area is 67.0 Å². The second-order valence-electron chi connectivity index (χ2n) is 2.33. The first-order valence-corrected chi connectivity index (χ1v) is 3.72. The van der Waals surface area contributed by atoms with Crippen molar-refractivity contribution in [2.45, 2.75) is 33.1 Å². The van der Waals surface area contributed by atoms with Gasteiger partial charge in [0.15, 0.2) is 0 Å². The van der Waals surface area contributed by atoms with Crippen LogP contribution in [0.2, 0.25) is 0 Å². The van der Waals surface area contributed by atoms with Gasteiger partial charge in [-0.05, 0) is 18.3 Å². The minimum Gasteiger partial charge on any atom is -0.285 e. The van der Waals surface area contributed by atoms with Crippen LogP contribution in [0.3, 0.4) is 0 Å². The monoisotopic (exact) mass is 152 g/mol. The van der Waals surface area contributed by atoms with Gasteiger partial charge in [0.25, 0.3) is 0 Å². The summed E-state index contributed by atoms with van der Waals surface area (Å²) in [7, 11) is 0. The second-order valence-corrected chi connectivity index (χ2v) is 2.33. The quantitative estimate of drug-likeness (QED) is 0.451. The fourth-order valence-electron chi connectivity index (χ4n) is 0.558. The molecular weight excluding hydrogens is 140 g/mol. The minimum atomic E-state index is -0.255. The number of hydrogen-bond acceptors (Lipinski definition) is 2. The fourth-order valence-corrected chi connectivity index (χ4v) is 0.558. The minimum absolute atomic E-state index is 0.137. The van der Waals surface area contributed by atoms with Crippen LogP contribution in [0.15, 0.2) is 0 Å². The number of unbranched alkanes of at least 4 members (excludes halogenated alkanes) is 1. The molecule has 0 aliphatic rings. The molecule has 0 spiro atoms. The van der Waals surface area contributed by atoms with E-state index in [1.807, 2.05) is 6.92 Å². The zero-order valence-electron chi connectivity index (χ0n) is 6.94. The Bertz CT molecular complexity index is 205. The van der Waals surface area contributed by atoms with Crippen molar-refractivity contribution in [3.8, 4) is 11.8 Å². The number of ketones is 2. The lowest BCUT2D eigenvalue weighted by Crippen LogP contribution is -1.93. The second kappa shape index (κ2) is 5.67. The third kappa shape index (κ3) is 6.79. The zero-order chi connectivity index (χ0) is 8.69. The summed E-state index contributed by atoms with van der Waals surface area (Å²) >= 11 is 0. The summed E-state index contributed by atoms with van der Waals surface area (Å²) in [6.45, 7) is 3.35. The van der Waals surface area contributed by atoms with E-state index in [4.69, 9.17) is 0 Å². The fraction of sp³-hybridized carbons (Fsp3) is 0.556. The molecule has 60 valence electrons. The highest BCUT2D eigenvalue weighted by Crippen LogP contribution is 1.93. The third-order valence-electron chi connectivity index (χ3n) is 1.14. The van der Waals surface area contributed by atoms with Crippen molar-refractivity contribution in [1.29, 1.82) is 0 Å². The molecule has 0 heterocycles. The topological polar surface area (TPSA) is 34.1 Å². The van der Waals surface area contributed by atoms with E-state index in [9.17, 15) is 9.59 Å². The number of carbonyl (C=O) groups excluding carboxylic acids is 2. The van der Waals surface area contributed by atoms with E-state index in [1.54, 1.807) is 0 Å².